The van der Waals surface area contributed by atoms with Gasteiger partial charge in [-0.05, 0) is 86.0 Å². The molecule has 0 N–H and O–H groups in total. The molecule has 6 nitrogen and oxygen atoms in total. The van der Waals surface area contributed by atoms with Crippen molar-refractivity contribution in [3.8, 4) is 0 Å². The molecule has 0 spiro atoms. The normalized spacial score (nSPS) is 13.9. The van der Waals surface area contributed by atoms with Crippen molar-refractivity contribution in [1.82, 2.24) is 14.5 Å². The topological polar surface area (TPSA) is 58.4 Å². The van der Waals surface area contributed by atoms with Gasteiger partial charge >= 0.3 is 0 Å². The van der Waals surface area contributed by atoms with E-state index >= 15 is 0 Å². The zero-order valence-electron chi connectivity index (χ0n) is 20.8. The first-order valence-corrected chi connectivity index (χ1v) is 12.2. The number of piperazine rings is 1. The minimum Gasteiger partial charge on any atom is -0.368 e. The molecule has 1 aromatic heterocycles. The van der Waals surface area contributed by atoms with E-state index < -0.39 is 0 Å². The Kier molecular flexibility index (Phi) is 6.31. The van der Waals surface area contributed by atoms with Crippen molar-refractivity contribution in [2.45, 2.75) is 27.3 Å². The average Bonchev–Trinajstić information content (AvgIpc) is 2.89. The molecule has 4 aromatic rings. The summed E-state index contributed by atoms with van der Waals surface area (Å²) in [5, 5.41) is 0. The van der Waals surface area contributed by atoms with Crippen molar-refractivity contribution < 1.29 is 9.18 Å². The van der Waals surface area contributed by atoms with Gasteiger partial charge in [-0.25, -0.2) is 9.37 Å². The van der Waals surface area contributed by atoms with Crippen molar-refractivity contribution >= 4 is 22.6 Å². The van der Waals surface area contributed by atoms with E-state index in [9.17, 15) is 14.0 Å². The standard InChI is InChI=1S/C29H29FN4O2/c1-19-16-26-27(17-20(19)2)34(28(35)21(3)31-26)18-22-4-6-23(7-5-22)29(36)33-14-12-32(13-15-33)25-10-8-24(30)9-11-25/h4-11,16-17H,12-15,18H2,1-3H3. The number of hydrogen-bond donors (Lipinski definition) is 0. The van der Waals surface area contributed by atoms with Crippen molar-refractivity contribution in [1.29, 1.82) is 0 Å². The van der Waals surface area contributed by atoms with Gasteiger partial charge in [-0.1, -0.05) is 12.1 Å². The minimum atomic E-state index is -0.252. The fraction of sp³-hybridized carbons (Fsp3) is 0.276. The summed E-state index contributed by atoms with van der Waals surface area (Å²) in [6, 6.07) is 18.0. The van der Waals surface area contributed by atoms with E-state index in [1.165, 1.54) is 12.1 Å². The molecule has 2 heterocycles. The molecule has 184 valence electrons. The number of rotatable bonds is 4. The molecule has 0 radical (unpaired) electrons. The quantitative estimate of drug-likeness (QED) is 0.429. The molecule has 7 heteroatoms. The molecule has 5 rings (SSSR count). The summed E-state index contributed by atoms with van der Waals surface area (Å²) in [5.74, 6) is -0.257. The highest BCUT2D eigenvalue weighted by molar-refractivity contribution is 5.94. The molecular formula is C29H29FN4O2. The maximum atomic E-state index is 13.2. The number of hydrogen-bond acceptors (Lipinski definition) is 4. The van der Waals surface area contributed by atoms with Crippen molar-refractivity contribution in [3.63, 3.8) is 0 Å². The summed E-state index contributed by atoms with van der Waals surface area (Å²) in [4.78, 5) is 34.5. The summed E-state index contributed by atoms with van der Waals surface area (Å²) in [6.45, 7) is 8.83. The van der Waals surface area contributed by atoms with Crippen LogP contribution in [0.4, 0.5) is 10.1 Å². The Balaban J connectivity index is 1.30. The number of aryl methyl sites for hydroxylation is 3. The SMILES string of the molecule is Cc1cc2nc(C)c(=O)n(Cc3ccc(C(=O)N4CCN(c5ccc(F)cc5)CC4)cc3)c2cc1C. The number of benzene rings is 3. The molecule has 0 bridgehead atoms. The fourth-order valence-corrected chi connectivity index (χ4v) is 4.72. The van der Waals surface area contributed by atoms with Crippen LogP contribution in [0.2, 0.25) is 0 Å². The van der Waals surface area contributed by atoms with Crippen LogP contribution in [0.3, 0.4) is 0 Å². The summed E-state index contributed by atoms with van der Waals surface area (Å²) in [5.41, 5.74) is 6.77. The number of amides is 1. The van der Waals surface area contributed by atoms with Crippen LogP contribution in [0, 0.1) is 26.6 Å². The predicted octanol–water partition coefficient (Wildman–Crippen LogP) is 4.47. The van der Waals surface area contributed by atoms with Gasteiger partial charge in [-0.3, -0.25) is 9.59 Å². The van der Waals surface area contributed by atoms with Gasteiger partial charge in [0.25, 0.3) is 11.5 Å². The number of carbonyl (C=O) groups is 1. The molecule has 1 amide bonds. The second-order valence-electron chi connectivity index (χ2n) is 9.47. The van der Waals surface area contributed by atoms with E-state index in [4.69, 9.17) is 0 Å². The number of anilines is 1. The molecule has 0 aliphatic carbocycles. The van der Waals surface area contributed by atoms with Crippen LogP contribution in [0.25, 0.3) is 11.0 Å². The largest absolute Gasteiger partial charge is 0.368 e. The van der Waals surface area contributed by atoms with Crippen LogP contribution < -0.4 is 10.5 Å². The molecule has 1 aliphatic heterocycles. The molecule has 1 saturated heterocycles. The average molecular weight is 485 g/mol. The predicted molar refractivity (Wildman–Crippen MR) is 140 cm³/mol. The van der Waals surface area contributed by atoms with E-state index in [-0.39, 0.29) is 17.3 Å². The van der Waals surface area contributed by atoms with Gasteiger partial charge in [0.05, 0.1) is 17.6 Å². The smallest absolute Gasteiger partial charge is 0.272 e. The minimum absolute atomic E-state index is 0.00576. The second-order valence-corrected chi connectivity index (χ2v) is 9.47. The maximum absolute atomic E-state index is 13.2. The van der Waals surface area contributed by atoms with Gasteiger partial charge in [0.15, 0.2) is 0 Å². The Morgan fingerprint density at radius 3 is 2.19 bits per heavy atom. The van der Waals surface area contributed by atoms with Gasteiger partial charge in [0.2, 0.25) is 0 Å². The third-order valence-electron chi connectivity index (χ3n) is 7.02. The van der Waals surface area contributed by atoms with E-state index in [0.717, 1.165) is 33.4 Å². The monoisotopic (exact) mass is 484 g/mol. The molecule has 1 aliphatic rings. The summed E-state index contributed by atoms with van der Waals surface area (Å²) < 4.78 is 15.0. The van der Waals surface area contributed by atoms with Crippen LogP contribution in [-0.2, 0) is 6.54 Å². The Labute approximate surface area is 209 Å². The lowest BCUT2D eigenvalue weighted by Gasteiger charge is -2.36. The molecule has 3 aromatic carbocycles. The van der Waals surface area contributed by atoms with Gasteiger partial charge in [0, 0.05) is 37.4 Å². The van der Waals surface area contributed by atoms with Gasteiger partial charge in [-0.15, -0.1) is 0 Å². The Hall–Kier alpha value is -4.00. The Morgan fingerprint density at radius 2 is 1.53 bits per heavy atom. The first-order valence-electron chi connectivity index (χ1n) is 12.2. The maximum Gasteiger partial charge on any atom is 0.272 e. The molecule has 0 unspecified atom stereocenters. The number of carbonyl (C=O) groups excluding carboxylic acids is 1. The van der Waals surface area contributed by atoms with Crippen LogP contribution in [0.5, 0.6) is 0 Å². The zero-order valence-corrected chi connectivity index (χ0v) is 20.8. The lowest BCUT2D eigenvalue weighted by Crippen LogP contribution is -2.48. The first-order chi connectivity index (χ1) is 17.3. The number of aromatic nitrogens is 2. The molecule has 1 fully saturated rings. The highest BCUT2D eigenvalue weighted by Crippen LogP contribution is 2.20. The number of fused-ring (bicyclic) bond motifs is 1. The van der Waals surface area contributed by atoms with E-state index in [0.29, 0.717) is 44.0 Å². The van der Waals surface area contributed by atoms with Crippen LogP contribution in [0.15, 0.2) is 65.5 Å². The highest BCUT2D eigenvalue weighted by atomic mass is 19.1. The zero-order chi connectivity index (χ0) is 25.4. The Morgan fingerprint density at radius 1 is 0.889 bits per heavy atom. The number of nitrogens with zero attached hydrogens (tertiary/aromatic N) is 4. The lowest BCUT2D eigenvalue weighted by atomic mass is 10.1. The number of halogens is 1. The van der Waals surface area contributed by atoms with E-state index in [2.05, 4.69) is 9.88 Å². The van der Waals surface area contributed by atoms with E-state index in [1.807, 2.05) is 55.1 Å². The second kappa shape index (κ2) is 9.57. The van der Waals surface area contributed by atoms with Crippen molar-refractivity contribution in [3.05, 3.63) is 105 Å². The first kappa shape index (κ1) is 23.7. The third-order valence-corrected chi connectivity index (χ3v) is 7.02. The van der Waals surface area contributed by atoms with Crippen molar-refractivity contribution in [2.24, 2.45) is 0 Å². The molecule has 0 saturated carbocycles. The third kappa shape index (κ3) is 4.61. The van der Waals surface area contributed by atoms with Crippen LogP contribution in [-0.4, -0.2) is 46.5 Å². The van der Waals surface area contributed by atoms with Crippen LogP contribution in [0.1, 0.15) is 32.7 Å². The summed E-state index contributed by atoms with van der Waals surface area (Å²) >= 11 is 0. The molecule has 0 atom stereocenters. The highest BCUT2D eigenvalue weighted by Gasteiger charge is 2.22. The van der Waals surface area contributed by atoms with Crippen molar-refractivity contribution in [2.75, 3.05) is 31.1 Å². The van der Waals surface area contributed by atoms with E-state index in [1.54, 1.807) is 23.6 Å². The van der Waals surface area contributed by atoms with Gasteiger partial charge in [0.1, 0.15) is 11.5 Å². The molecular weight excluding hydrogens is 455 g/mol. The fourth-order valence-electron chi connectivity index (χ4n) is 4.72. The van der Waals surface area contributed by atoms with Crippen LogP contribution >= 0.6 is 0 Å². The summed E-state index contributed by atoms with van der Waals surface area (Å²) in [7, 11) is 0. The Bertz CT molecular complexity index is 1490. The van der Waals surface area contributed by atoms with Gasteiger partial charge < -0.3 is 14.4 Å². The summed E-state index contributed by atoms with van der Waals surface area (Å²) in [6.07, 6.45) is 0. The van der Waals surface area contributed by atoms with Gasteiger partial charge in [-0.2, -0.15) is 0 Å². The lowest BCUT2D eigenvalue weighted by molar-refractivity contribution is 0.0747. The molecule has 36 heavy (non-hydrogen) atoms.